The van der Waals surface area contributed by atoms with Gasteiger partial charge in [0.2, 0.25) is 0 Å². The van der Waals surface area contributed by atoms with Crippen LogP contribution in [-0.4, -0.2) is 61.3 Å². The maximum atomic E-state index is 13.1. The number of hydrogen-bond acceptors (Lipinski definition) is 5. The first-order valence-corrected chi connectivity index (χ1v) is 10.2. The van der Waals surface area contributed by atoms with Gasteiger partial charge in [-0.25, -0.2) is 8.70 Å². The molecule has 4 rings (SSSR count). The molecule has 2 aliphatic heterocycles. The SMILES string of the molecule is O=CC1CN(CCN2CCN(c3ccc(F)cc3)CC2)Sc2ccccc21. The monoisotopic (exact) mass is 385 g/mol. The molecule has 0 saturated carbocycles. The van der Waals surface area contributed by atoms with Crippen molar-refractivity contribution in [3.05, 3.63) is 59.9 Å². The molecule has 0 radical (unpaired) electrons. The van der Waals surface area contributed by atoms with Gasteiger partial charge in [0, 0.05) is 56.4 Å². The zero-order valence-corrected chi connectivity index (χ0v) is 16.1. The Morgan fingerprint density at radius 1 is 1.00 bits per heavy atom. The number of carbonyl (C=O) groups is 1. The number of benzene rings is 2. The van der Waals surface area contributed by atoms with Crippen molar-refractivity contribution in [2.45, 2.75) is 10.8 Å². The van der Waals surface area contributed by atoms with E-state index in [1.54, 1.807) is 11.9 Å². The predicted octanol–water partition coefficient (Wildman–Crippen LogP) is 3.25. The molecule has 6 heteroatoms. The first kappa shape index (κ1) is 18.5. The number of nitrogens with zero attached hydrogens (tertiary/aromatic N) is 3. The summed E-state index contributed by atoms with van der Waals surface area (Å²) in [4.78, 5) is 17.5. The number of carbonyl (C=O) groups excluding carboxylic acids is 1. The maximum absolute atomic E-state index is 13.1. The van der Waals surface area contributed by atoms with Crippen LogP contribution in [0.1, 0.15) is 11.5 Å². The highest BCUT2D eigenvalue weighted by atomic mass is 32.2. The van der Waals surface area contributed by atoms with E-state index in [1.807, 2.05) is 24.3 Å². The van der Waals surface area contributed by atoms with E-state index in [-0.39, 0.29) is 11.7 Å². The van der Waals surface area contributed by atoms with E-state index < -0.39 is 0 Å². The summed E-state index contributed by atoms with van der Waals surface area (Å²) in [6.45, 7) is 6.64. The van der Waals surface area contributed by atoms with Crippen molar-refractivity contribution >= 4 is 23.9 Å². The van der Waals surface area contributed by atoms with Gasteiger partial charge in [0.15, 0.2) is 0 Å². The van der Waals surface area contributed by atoms with Crippen molar-refractivity contribution in [2.75, 3.05) is 50.7 Å². The molecule has 2 aliphatic rings. The smallest absolute Gasteiger partial charge is 0.128 e. The fourth-order valence-corrected chi connectivity index (χ4v) is 4.90. The number of rotatable bonds is 5. The molecule has 2 aromatic rings. The Labute approximate surface area is 164 Å². The van der Waals surface area contributed by atoms with Gasteiger partial charge in [0.1, 0.15) is 12.1 Å². The van der Waals surface area contributed by atoms with Crippen LogP contribution >= 0.6 is 11.9 Å². The van der Waals surface area contributed by atoms with Gasteiger partial charge in [0.05, 0.1) is 5.92 Å². The third kappa shape index (κ3) is 4.34. The lowest BCUT2D eigenvalue weighted by molar-refractivity contribution is -0.109. The van der Waals surface area contributed by atoms with E-state index in [0.29, 0.717) is 0 Å². The van der Waals surface area contributed by atoms with Crippen molar-refractivity contribution in [1.29, 1.82) is 0 Å². The molecule has 0 amide bonds. The second kappa shape index (κ2) is 8.42. The molecule has 1 saturated heterocycles. The molecule has 2 aromatic carbocycles. The summed E-state index contributed by atoms with van der Waals surface area (Å²) in [7, 11) is 0. The summed E-state index contributed by atoms with van der Waals surface area (Å²) in [6, 6.07) is 15.0. The van der Waals surface area contributed by atoms with Gasteiger partial charge in [-0.3, -0.25) is 4.90 Å². The largest absolute Gasteiger partial charge is 0.369 e. The third-order valence-electron chi connectivity index (χ3n) is 5.34. The van der Waals surface area contributed by atoms with Crippen LogP contribution in [0.3, 0.4) is 0 Å². The highest BCUT2D eigenvalue weighted by Gasteiger charge is 2.26. The number of halogens is 1. The second-order valence-corrected chi connectivity index (χ2v) is 8.20. The molecule has 0 aromatic heterocycles. The molecule has 0 spiro atoms. The molecule has 4 nitrogen and oxygen atoms in total. The van der Waals surface area contributed by atoms with Crippen LogP contribution in [-0.2, 0) is 4.79 Å². The van der Waals surface area contributed by atoms with Crippen molar-refractivity contribution < 1.29 is 9.18 Å². The van der Waals surface area contributed by atoms with Crippen LogP contribution in [0.2, 0.25) is 0 Å². The normalized spacial score (nSPS) is 21.1. The molecule has 27 heavy (non-hydrogen) atoms. The second-order valence-electron chi connectivity index (χ2n) is 7.06. The molecule has 0 N–H and O–H groups in total. The Balaban J connectivity index is 1.28. The van der Waals surface area contributed by atoms with Gasteiger partial charge >= 0.3 is 0 Å². The van der Waals surface area contributed by atoms with Gasteiger partial charge in [-0.15, -0.1) is 0 Å². The average molecular weight is 386 g/mol. The Morgan fingerprint density at radius 2 is 1.74 bits per heavy atom. The number of fused-ring (bicyclic) bond motifs is 1. The van der Waals surface area contributed by atoms with Crippen molar-refractivity contribution in [3.8, 4) is 0 Å². The fraction of sp³-hybridized carbons (Fsp3) is 0.381. The predicted molar refractivity (Wildman–Crippen MR) is 108 cm³/mol. The Morgan fingerprint density at radius 3 is 2.48 bits per heavy atom. The molecule has 1 unspecified atom stereocenters. The lowest BCUT2D eigenvalue weighted by Gasteiger charge is -2.38. The number of aldehydes is 1. The van der Waals surface area contributed by atoms with Crippen LogP contribution < -0.4 is 4.90 Å². The number of piperazine rings is 1. The summed E-state index contributed by atoms with van der Waals surface area (Å²) in [6.07, 6.45) is 1.08. The Hall–Kier alpha value is -1.89. The average Bonchev–Trinajstić information content (AvgIpc) is 2.72. The van der Waals surface area contributed by atoms with Crippen molar-refractivity contribution in [2.24, 2.45) is 0 Å². The summed E-state index contributed by atoms with van der Waals surface area (Å²) in [5, 5.41) is 0. The number of anilines is 1. The van der Waals surface area contributed by atoms with Crippen LogP contribution in [0, 0.1) is 5.82 Å². The molecular weight excluding hydrogens is 361 g/mol. The highest BCUT2D eigenvalue weighted by Crippen LogP contribution is 2.36. The van der Waals surface area contributed by atoms with E-state index in [1.165, 1.54) is 17.0 Å². The van der Waals surface area contributed by atoms with E-state index >= 15 is 0 Å². The Kier molecular flexibility index (Phi) is 5.76. The lowest BCUT2D eigenvalue weighted by atomic mass is 10.0. The maximum Gasteiger partial charge on any atom is 0.128 e. The van der Waals surface area contributed by atoms with Gasteiger partial charge in [-0.2, -0.15) is 0 Å². The molecule has 0 bridgehead atoms. The van der Waals surface area contributed by atoms with E-state index in [0.717, 1.165) is 63.4 Å². The van der Waals surface area contributed by atoms with Gasteiger partial charge in [-0.05, 0) is 47.8 Å². The van der Waals surface area contributed by atoms with Gasteiger partial charge in [0.25, 0.3) is 0 Å². The minimum Gasteiger partial charge on any atom is -0.369 e. The molecule has 1 fully saturated rings. The first-order valence-electron chi connectivity index (χ1n) is 9.43. The summed E-state index contributed by atoms with van der Waals surface area (Å²) >= 11 is 1.77. The minimum absolute atomic E-state index is 0.0298. The summed E-state index contributed by atoms with van der Waals surface area (Å²) < 4.78 is 15.4. The van der Waals surface area contributed by atoms with Gasteiger partial charge < -0.3 is 9.69 Å². The number of hydrogen-bond donors (Lipinski definition) is 0. The van der Waals surface area contributed by atoms with E-state index in [2.05, 4.69) is 26.2 Å². The van der Waals surface area contributed by atoms with Crippen LogP contribution in [0.4, 0.5) is 10.1 Å². The summed E-state index contributed by atoms with van der Waals surface area (Å²) in [5.74, 6) is -0.218. The fourth-order valence-electron chi connectivity index (χ4n) is 3.75. The van der Waals surface area contributed by atoms with E-state index in [9.17, 15) is 9.18 Å². The molecule has 0 aliphatic carbocycles. The zero-order chi connectivity index (χ0) is 18.6. The first-order chi connectivity index (χ1) is 13.2. The van der Waals surface area contributed by atoms with Crippen LogP contribution in [0.5, 0.6) is 0 Å². The van der Waals surface area contributed by atoms with Crippen molar-refractivity contribution in [3.63, 3.8) is 0 Å². The Bertz CT molecular complexity index is 777. The minimum atomic E-state index is -0.188. The topological polar surface area (TPSA) is 26.8 Å². The van der Waals surface area contributed by atoms with Crippen molar-refractivity contribution in [1.82, 2.24) is 9.21 Å². The molecule has 1 atom stereocenters. The van der Waals surface area contributed by atoms with Gasteiger partial charge in [-0.1, -0.05) is 18.2 Å². The quantitative estimate of drug-likeness (QED) is 0.582. The van der Waals surface area contributed by atoms with E-state index in [4.69, 9.17) is 0 Å². The standard InChI is InChI=1S/C21H24FN3OS/c22-18-5-7-19(8-6-18)24-12-9-23(10-13-24)11-14-25-15-17(16-26)20-3-1-2-4-21(20)27-25/h1-8,16-17H,9-15H2. The molecule has 142 valence electrons. The lowest BCUT2D eigenvalue weighted by Crippen LogP contribution is -2.48. The van der Waals surface area contributed by atoms with Crippen LogP contribution in [0.25, 0.3) is 0 Å². The van der Waals surface area contributed by atoms with Crippen LogP contribution in [0.15, 0.2) is 53.4 Å². The highest BCUT2D eigenvalue weighted by molar-refractivity contribution is 7.97. The summed E-state index contributed by atoms with van der Waals surface area (Å²) in [5.41, 5.74) is 2.25. The third-order valence-corrected chi connectivity index (χ3v) is 6.50. The zero-order valence-electron chi connectivity index (χ0n) is 15.3. The molecular formula is C21H24FN3OS. The molecule has 2 heterocycles.